The maximum absolute atomic E-state index is 11.7. The second-order valence-corrected chi connectivity index (χ2v) is 5.72. The molecule has 3 rings (SSSR count). The lowest BCUT2D eigenvalue weighted by Gasteiger charge is -2.10. The van der Waals surface area contributed by atoms with Gasteiger partial charge in [0.05, 0.1) is 11.6 Å². The van der Waals surface area contributed by atoms with Crippen LogP contribution in [0.3, 0.4) is 0 Å². The van der Waals surface area contributed by atoms with Crippen molar-refractivity contribution in [3.8, 4) is 11.3 Å². The van der Waals surface area contributed by atoms with E-state index in [4.69, 9.17) is 21.3 Å². The molecule has 0 atom stereocenters. The van der Waals surface area contributed by atoms with E-state index in [2.05, 4.69) is 5.32 Å². The van der Waals surface area contributed by atoms with Crippen molar-refractivity contribution in [2.75, 3.05) is 18.5 Å². The summed E-state index contributed by atoms with van der Waals surface area (Å²) in [5.41, 5.74) is 3.31. The second-order valence-electron chi connectivity index (χ2n) is 5.31. The Labute approximate surface area is 145 Å². The fraction of sp³-hybridized carbons (Fsp3) is 0.222. The van der Waals surface area contributed by atoms with E-state index in [1.54, 1.807) is 6.92 Å². The first-order valence-electron chi connectivity index (χ1n) is 7.74. The minimum absolute atomic E-state index is 0.0629. The van der Waals surface area contributed by atoms with Crippen molar-refractivity contribution in [2.45, 2.75) is 13.8 Å². The van der Waals surface area contributed by atoms with Crippen LogP contribution in [0.5, 0.6) is 0 Å². The van der Waals surface area contributed by atoms with Crippen LogP contribution in [0.2, 0.25) is 5.02 Å². The Morgan fingerprint density at radius 3 is 2.79 bits per heavy atom. The number of rotatable bonds is 5. The molecule has 0 aliphatic heterocycles. The molecule has 2 heterocycles. The van der Waals surface area contributed by atoms with Crippen molar-refractivity contribution in [1.29, 1.82) is 0 Å². The Morgan fingerprint density at radius 2 is 2.04 bits per heavy atom. The lowest BCUT2D eigenvalue weighted by atomic mass is 10.1. The quantitative estimate of drug-likeness (QED) is 0.713. The largest absolute Gasteiger partial charge is 0.465 e. The van der Waals surface area contributed by atoms with E-state index in [1.165, 1.54) is 0 Å². The number of carbonyl (C=O) groups excluding carboxylic acids is 1. The smallest absolute Gasteiger partial charge is 0.325 e. The molecule has 3 aromatic rings. The van der Waals surface area contributed by atoms with Crippen molar-refractivity contribution >= 4 is 29.0 Å². The second kappa shape index (κ2) is 6.93. The molecule has 0 unspecified atom stereocenters. The highest BCUT2D eigenvalue weighted by atomic mass is 35.5. The number of aromatic nitrogens is 2. The number of nitrogens with zero attached hydrogens (tertiary/aromatic N) is 2. The molecule has 0 radical (unpaired) electrons. The van der Waals surface area contributed by atoms with Crippen LogP contribution in [0.15, 0.2) is 42.5 Å². The third-order valence-corrected chi connectivity index (χ3v) is 4.00. The maximum atomic E-state index is 11.7. The van der Waals surface area contributed by atoms with E-state index in [1.807, 2.05) is 53.8 Å². The van der Waals surface area contributed by atoms with Crippen molar-refractivity contribution in [3.05, 3.63) is 53.2 Å². The molecule has 5 nitrogen and oxygen atoms in total. The van der Waals surface area contributed by atoms with Crippen LogP contribution in [0, 0.1) is 6.92 Å². The van der Waals surface area contributed by atoms with Crippen LogP contribution in [0.25, 0.3) is 16.9 Å². The van der Waals surface area contributed by atoms with Gasteiger partial charge >= 0.3 is 5.97 Å². The Balaban J connectivity index is 2.11. The number of hydrogen-bond acceptors (Lipinski definition) is 4. The van der Waals surface area contributed by atoms with Gasteiger partial charge in [0.15, 0.2) is 0 Å². The molecule has 0 bridgehead atoms. The van der Waals surface area contributed by atoms with Gasteiger partial charge in [-0.05, 0) is 32.0 Å². The van der Waals surface area contributed by atoms with Gasteiger partial charge in [-0.3, -0.25) is 9.20 Å². The number of carbonyl (C=O) groups is 1. The van der Waals surface area contributed by atoms with Gasteiger partial charge in [-0.25, -0.2) is 4.98 Å². The zero-order chi connectivity index (χ0) is 17.1. The van der Waals surface area contributed by atoms with E-state index in [9.17, 15) is 4.79 Å². The maximum Gasteiger partial charge on any atom is 0.325 e. The van der Waals surface area contributed by atoms with E-state index in [-0.39, 0.29) is 12.5 Å². The summed E-state index contributed by atoms with van der Waals surface area (Å²) in [7, 11) is 0. The summed E-state index contributed by atoms with van der Waals surface area (Å²) in [4.78, 5) is 16.4. The molecule has 1 aromatic carbocycles. The highest BCUT2D eigenvalue weighted by Gasteiger charge is 2.18. The molecule has 0 spiro atoms. The molecular formula is C18H18ClN3O2. The fourth-order valence-corrected chi connectivity index (χ4v) is 2.85. The minimum Gasteiger partial charge on any atom is -0.465 e. The summed E-state index contributed by atoms with van der Waals surface area (Å²) >= 11 is 6.34. The number of anilines is 1. The molecule has 6 heteroatoms. The molecule has 0 saturated carbocycles. The monoisotopic (exact) mass is 343 g/mol. The first kappa shape index (κ1) is 16.3. The number of esters is 1. The van der Waals surface area contributed by atoms with E-state index in [0.29, 0.717) is 17.3 Å². The number of nitrogens with one attached hydrogen (secondary N) is 1. The topological polar surface area (TPSA) is 55.6 Å². The van der Waals surface area contributed by atoms with Gasteiger partial charge in [0.25, 0.3) is 0 Å². The summed E-state index contributed by atoms with van der Waals surface area (Å²) in [6.07, 6.45) is 0. The third-order valence-electron chi connectivity index (χ3n) is 3.67. The molecule has 0 aliphatic carbocycles. The minimum atomic E-state index is -0.314. The predicted molar refractivity (Wildman–Crippen MR) is 95.5 cm³/mol. The SMILES string of the molecule is CCOC(=O)CNc1c(-c2ccccc2Cl)nc2cccc(C)n12. The van der Waals surface area contributed by atoms with Crippen LogP contribution >= 0.6 is 11.6 Å². The molecule has 0 saturated heterocycles. The van der Waals surface area contributed by atoms with Crippen molar-refractivity contribution in [1.82, 2.24) is 9.38 Å². The predicted octanol–water partition coefficient (Wildman–Crippen LogP) is 3.94. The molecule has 0 amide bonds. The van der Waals surface area contributed by atoms with Crippen molar-refractivity contribution in [3.63, 3.8) is 0 Å². The number of halogens is 1. The molecule has 2 aromatic heterocycles. The van der Waals surface area contributed by atoms with Gasteiger partial charge in [0.2, 0.25) is 0 Å². The van der Waals surface area contributed by atoms with Gasteiger partial charge in [0, 0.05) is 11.3 Å². The van der Waals surface area contributed by atoms with Crippen molar-refractivity contribution < 1.29 is 9.53 Å². The Morgan fingerprint density at radius 1 is 1.25 bits per heavy atom. The van der Waals surface area contributed by atoms with Crippen LogP contribution < -0.4 is 5.32 Å². The van der Waals surface area contributed by atoms with Gasteiger partial charge in [-0.15, -0.1) is 0 Å². The van der Waals surface area contributed by atoms with Crippen LogP contribution in [-0.2, 0) is 9.53 Å². The number of imidazole rings is 1. The number of fused-ring (bicyclic) bond motifs is 1. The van der Waals surface area contributed by atoms with E-state index in [0.717, 1.165) is 22.7 Å². The third kappa shape index (κ3) is 3.08. The van der Waals surface area contributed by atoms with Gasteiger partial charge in [-0.1, -0.05) is 35.9 Å². The van der Waals surface area contributed by atoms with Crippen LogP contribution in [0.4, 0.5) is 5.82 Å². The van der Waals surface area contributed by atoms with Gasteiger partial charge in [0.1, 0.15) is 23.7 Å². The summed E-state index contributed by atoms with van der Waals surface area (Å²) < 4.78 is 6.96. The summed E-state index contributed by atoms with van der Waals surface area (Å²) in [5.74, 6) is 0.412. The van der Waals surface area contributed by atoms with Gasteiger partial charge < -0.3 is 10.1 Å². The van der Waals surface area contributed by atoms with Crippen LogP contribution in [-0.4, -0.2) is 28.5 Å². The molecule has 1 N–H and O–H groups in total. The number of benzene rings is 1. The molecule has 0 fully saturated rings. The normalized spacial score (nSPS) is 10.8. The first-order valence-corrected chi connectivity index (χ1v) is 8.12. The average Bonchev–Trinajstić information content (AvgIpc) is 2.93. The highest BCUT2D eigenvalue weighted by Crippen LogP contribution is 2.34. The average molecular weight is 344 g/mol. The summed E-state index contributed by atoms with van der Waals surface area (Å²) in [6.45, 7) is 4.18. The Bertz CT molecular complexity index is 889. The molecular weight excluding hydrogens is 326 g/mol. The highest BCUT2D eigenvalue weighted by molar-refractivity contribution is 6.33. The fourth-order valence-electron chi connectivity index (χ4n) is 2.63. The summed E-state index contributed by atoms with van der Waals surface area (Å²) in [5, 5.41) is 3.76. The number of hydrogen-bond donors (Lipinski definition) is 1. The lowest BCUT2D eigenvalue weighted by Crippen LogP contribution is -2.18. The van der Waals surface area contributed by atoms with Crippen LogP contribution in [0.1, 0.15) is 12.6 Å². The standard InChI is InChI=1S/C18H18ClN3O2/c1-3-24-16(23)11-20-18-17(13-8-4-5-9-14(13)19)21-15-10-6-7-12(2)22(15)18/h4-10,20H,3,11H2,1-2H3. The summed E-state index contributed by atoms with van der Waals surface area (Å²) in [6, 6.07) is 13.4. The van der Waals surface area contributed by atoms with E-state index >= 15 is 0 Å². The number of pyridine rings is 1. The Kier molecular flexibility index (Phi) is 4.71. The van der Waals surface area contributed by atoms with E-state index < -0.39 is 0 Å². The number of aryl methyl sites for hydroxylation is 1. The first-order chi connectivity index (χ1) is 11.6. The molecule has 124 valence electrons. The zero-order valence-electron chi connectivity index (χ0n) is 13.5. The van der Waals surface area contributed by atoms with Gasteiger partial charge in [-0.2, -0.15) is 0 Å². The molecule has 24 heavy (non-hydrogen) atoms. The molecule has 0 aliphatic rings. The lowest BCUT2D eigenvalue weighted by molar-refractivity contribution is -0.140. The Hall–Kier alpha value is -2.53. The zero-order valence-corrected chi connectivity index (χ0v) is 14.3. The number of ether oxygens (including phenoxy) is 1. The van der Waals surface area contributed by atoms with Crippen molar-refractivity contribution in [2.24, 2.45) is 0 Å².